The van der Waals surface area contributed by atoms with E-state index in [1.807, 2.05) is 12.1 Å². The molecule has 66 valence electrons. The Balaban J connectivity index is 0.00000144. The van der Waals surface area contributed by atoms with E-state index in [9.17, 15) is 8.76 Å². The zero-order valence-corrected chi connectivity index (χ0v) is 11.9. The van der Waals surface area contributed by atoms with Crippen molar-refractivity contribution >= 4 is 11.1 Å². The zero-order valence-electron chi connectivity index (χ0n) is 7.95. The summed E-state index contributed by atoms with van der Waals surface area (Å²) in [5, 5.41) is 0. The second-order valence-corrected chi connectivity index (χ2v) is 3.57. The summed E-state index contributed by atoms with van der Waals surface area (Å²) >= 11 is -2.09. The average Bonchev–Trinajstić information content (AvgIpc) is 2.06. The molecule has 0 radical (unpaired) electrons. The van der Waals surface area contributed by atoms with Crippen molar-refractivity contribution < 1.29 is 60.1 Å². The molecular formula is C9H11KO2S. The molecule has 0 aromatic heterocycles. The van der Waals surface area contributed by atoms with Crippen molar-refractivity contribution in [3.8, 4) is 0 Å². The van der Waals surface area contributed by atoms with Crippen molar-refractivity contribution in [3.05, 3.63) is 29.8 Å². The standard InChI is InChI=1S/C9H12O2S.K/c1-2-3-8-4-6-9(7-5-8)12(10)11;/h4-7H,2-3H2,1H3,(H,10,11);/q;+1/p-1. The third-order valence-electron chi connectivity index (χ3n) is 1.65. The summed E-state index contributed by atoms with van der Waals surface area (Å²) in [7, 11) is 0. The zero-order chi connectivity index (χ0) is 8.97. The smallest absolute Gasteiger partial charge is 0.768 e. The molecule has 0 saturated heterocycles. The third kappa shape index (κ3) is 4.83. The molecule has 0 N–H and O–H groups in total. The van der Waals surface area contributed by atoms with Crippen molar-refractivity contribution in [2.24, 2.45) is 0 Å². The molecule has 1 unspecified atom stereocenters. The van der Waals surface area contributed by atoms with E-state index in [4.69, 9.17) is 0 Å². The van der Waals surface area contributed by atoms with Crippen LogP contribution in [-0.4, -0.2) is 8.76 Å². The van der Waals surface area contributed by atoms with Crippen LogP contribution in [0.2, 0.25) is 0 Å². The molecule has 4 heteroatoms. The van der Waals surface area contributed by atoms with Crippen LogP contribution in [0.15, 0.2) is 29.2 Å². The van der Waals surface area contributed by atoms with E-state index >= 15 is 0 Å². The fourth-order valence-electron chi connectivity index (χ4n) is 1.06. The first-order chi connectivity index (χ1) is 5.74. The van der Waals surface area contributed by atoms with Gasteiger partial charge in [-0.05, 0) is 35.2 Å². The van der Waals surface area contributed by atoms with Gasteiger partial charge in [-0.2, -0.15) is 0 Å². The molecule has 0 spiro atoms. The van der Waals surface area contributed by atoms with Crippen LogP contribution in [-0.2, 0) is 17.5 Å². The quantitative estimate of drug-likeness (QED) is 0.480. The third-order valence-corrected chi connectivity index (χ3v) is 2.31. The number of hydrogen-bond donors (Lipinski definition) is 0. The Morgan fingerprint density at radius 2 is 1.85 bits per heavy atom. The second-order valence-electron chi connectivity index (χ2n) is 2.63. The van der Waals surface area contributed by atoms with Gasteiger partial charge in [-0.15, -0.1) is 0 Å². The summed E-state index contributed by atoms with van der Waals surface area (Å²) < 4.78 is 20.9. The van der Waals surface area contributed by atoms with Gasteiger partial charge in [0.05, 0.1) is 0 Å². The summed E-state index contributed by atoms with van der Waals surface area (Å²) in [5.41, 5.74) is 1.19. The Labute approximate surface area is 124 Å². The van der Waals surface area contributed by atoms with E-state index in [0.717, 1.165) is 12.8 Å². The van der Waals surface area contributed by atoms with Crippen molar-refractivity contribution in [1.82, 2.24) is 0 Å². The first-order valence-electron chi connectivity index (χ1n) is 3.92. The van der Waals surface area contributed by atoms with Crippen LogP contribution in [0.5, 0.6) is 0 Å². The summed E-state index contributed by atoms with van der Waals surface area (Å²) in [6, 6.07) is 6.98. The molecular weight excluding hydrogens is 211 g/mol. The Bertz CT molecular complexity index is 271. The van der Waals surface area contributed by atoms with Crippen molar-refractivity contribution in [3.63, 3.8) is 0 Å². The van der Waals surface area contributed by atoms with Crippen LogP contribution in [0.3, 0.4) is 0 Å². The van der Waals surface area contributed by atoms with E-state index in [1.54, 1.807) is 12.1 Å². The molecule has 1 atom stereocenters. The van der Waals surface area contributed by atoms with Gasteiger partial charge >= 0.3 is 51.4 Å². The Morgan fingerprint density at radius 3 is 2.23 bits per heavy atom. The molecule has 1 aromatic rings. The van der Waals surface area contributed by atoms with E-state index in [0.29, 0.717) is 4.90 Å². The Kier molecular flexibility index (Phi) is 7.82. The van der Waals surface area contributed by atoms with Gasteiger partial charge in [0.25, 0.3) is 0 Å². The Morgan fingerprint density at radius 1 is 1.31 bits per heavy atom. The van der Waals surface area contributed by atoms with Crippen LogP contribution in [0.25, 0.3) is 0 Å². The Hall–Kier alpha value is 0.966. The summed E-state index contributed by atoms with van der Waals surface area (Å²) in [6.07, 6.45) is 2.09. The number of benzene rings is 1. The van der Waals surface area contributed by atoms with Crippen molar-refractivity contribution in [2.45, 2.75) is 24.7 Å². The summed E-state index contributed by atoms with van der Waals surface area (Å²) in [5.74, 6) is 0. The van der Waals surface area contributed by atoms with Gasteiger partial charge in [-0.1, -0.05) is 25.5 Å². The van der Waals surface area contributed by atoms with Gasteiger partial charge < -0.3 is 4.55 Å². The monoisotopic (exact) mass is 222 g/mol. The molecule has 0 bridgehead atoms. The maximum Gasteiger partial charge on any atom is 1.00 e. The number of hydrogen-bond acceptors (Lipinski definition) is 2. The normalized spacial score (nSPS) is 11.8. The van der Waals surface area contributed by atoms with E-state index in [2.05, 4.69) is 6.92 Å². The SMILES string of the molecule is CCCc1ccc(S(=O)[O-])cc1.[K+]. The van der Waals surface area contributed by atoms with Gasteiger partial charge in [-0.25, -0.2) is 0 Å². The molecule has 0 aliphatic heterocycles. The van der Waals surface area contributed by atoms with Crippen LogP contribution in [0.1, 0.15) is 18.9 Å². The second kappa shape index (κ2) is 7.28. The predicted octanol–water partition coefficient (Wildman–Crippen LogP) is -1.12. The molecule has 1 aromatic carbocycles. The maximum atomic E-state index is 10.5. The first kappa shape index (κ1) is 14.0. The maximum absolute atomic E-state index is 10.5. The average molecular weight is 222 g/mol. The van der Waals surface area contributed by atoms with Crippen LogP contribution in [0, 0.1) is 0 Å². The number of aryl methyl sites for hydroxylation is 1. The van der Waals surface area contributed by atoms with Crippen LogP contribution in [0.4, 0.5) is 0 Å². The van der Waals surface area contributed by atoms with Gasteiger partial charge in [-0.3, -0.25) is 4.21 Å². The minimum atomic E-state index is -2.09. The molecule has 0 fully saturated rings. The molecule has 0 amide bonds. The van der Waals surface area contributed by atoms with Crippen molar-refractivity contribution in [1.29, 1.82) is 0 Å². The van der Waals surface area contributed by atoms with E-state index in [1.165, 1.54) is 5.56 Å². The molecule has 0 aliphatic rings. The topological polar surface area (TPSA) is 40.1 Å². The fraction of sp³-hybridized carbons (Fsp3) is 0.333. The molecule has 0 aliphatic carbocycles. The molecule has 13 heavy (non-hydrogen) atoms. The van der Waals surface area contributed by atoms with Crippen molar-refractivity contribution in [2.75, 3.05) is 0 Å². The summed E-state index contributed by atoms with van der Waals surface area (Å²) in [6.45, 7) is 2.10. The van der Waals surface area contributed by atoms with Gasteiger partial charge in [0.2, 0.25) is 0 Å². The van der Waals surface area contributed by atoms with Crippen LogP contribution < -0.4 is 51.4 Å². The van der Waals surface area contributed by atoms with E-state index in [-0.39, 0.29) is 51.4 Å². The van der Waals surface area contributed by atoms with Gasteiger partial charge in [0, 0.05) is 4.90 Å². The minimum absolute atomic E-state index is 0. The largest absolute Gasteiger partial charge is 1.00 e. The minimum Gasteiger partial charge on any atom is -0.768 e. The van der Waals surface area contributed by atoms with Gasteiger partial charge in [0.1, 0.15) is 0 Å². The first-order valence-corrected chi connectivity index (χ1v) is 4.99. The number of rotatable bonds is 3. The molecule has 2 nitrogen and oxygen atoms in total. The van der Waals surface area contributed by atoms with Crippen LogP contribution >= 0.6 is 0 Å². The molecule has 0 saturated carbocycles. The predicted molar refractivity (Wildman–Crippen MR) is 47.6 cm³/mol. The molecule has 1 rings (SSSR count). The molecule has 0 heterocycles. The summed E-state index contributed by atoms with van der Waals surface area (Å²) in [4.78, 5) is 0.356. The fourth-order valence-corrected chi connectivity index (χ4v) is 1.41. The van der Waals surface area contributed by atoms with Gasteiger partial charge in [0.15, 0.2) is 0 Å². The van der Waals surface area contributed by atoms with E-state index < -0.39 is 11.1 Å².